The zero-order chi connectivity index (χ0) is 14.1. The Hall–Kier alpha value is -0.860. The average Bonchev–Trinajstić information content (AvgIpc) is 3.13. The van der Waals surface area contributed by atoms with Gasteiger partial charge >= 0.3 is 0 Å². The summed E-state index contributed by atoms with van der Waals surface area (Å²) in [6, 6.07) is 12.5. The number of nitrogens with zero attached hydrogens (tertiary/aromatic N) is 1. The monoisotopic (exact) mass is 284 g/mol. The standard InChI is InChI=1S/C19H28N2/c1-2-4-15(5-3-1)14-21-10-8-18(9-11-21)20-19-13-16-6-7-17(19)12-16/h1-5,16-20H,6-14H2/t16-,17-,19+/m1/s1. The van der Waals surface area contributed by atoms with E-state index in [1.165, 1.54) is 57.2 Å². The van der Waals surface area contributed by atoms with E-state index in [0.717, 1.165) is 30.5 Å². The highest BCUT2D eigenvalue weighted by Gasteiger charge is 2.40. The van der Waals surface area contributed by atoms with Crippen LogP contribution in [0.1, 0.15) is 44.1 Å². The van der Waals surface area contributed by atoms with E-state index >= 15 is 0 Å². The lowest BCUT2D eigenvalue weighted by Gasteiger charge is -2.35. The van der Waals surface area contributed by atoms with Crippen molar-refractivity contribution in [2.45, 2.75) is 57.2 Å². The first kappa shape index (κ1) is 13.8. The van der Waals surface area contributed by atoms with Gasteiger partial charge in [0.1, 0.15) is 0 Å². The molecule has 2 nitrogen and oxygen atoms in total. The van der Waals surface area contributed by atoms with Crippen molar-refractivity contribution in [1.29, 1.82) is 0 Å². The molecule has 2 bridgehead atoms. The Kier molecular flexibility index (Phi) is 4.00. The number of piperidine rings is 1. The molecule has 2 saturated carbocycles. The lowest BCUT2D eigenvalue weighted by Crippen LogP contribution is -2.47. The minimum absolute atomic E-state index is 0.779. The summed E-state index contributed by atoms with van der Waals surface area (Å²) in [4.78, 5) is 2.62. The molecule has 1 aliphatic heterocycles. The molecule has 2 aliphatic carbocycles. The Labute approximate surface area is 128 Å². The van der Waals surface area contributed by atoms with Crippen LogP contribution >= 0.6 is 0 Å². The third-order valence-corrected chi connectivity index (χ3v) is 6.02. The minimum Gasteiger partial charge on any atom is -0.311 e. The molecule has 0 aromatic heterocycles. The fourth-order valence-corrected chi connectivity index (χ4v) is 4.85. The zero-order valence-corrected chi connectivity index (χ0v) is 13.0. The van der Waals surface area contributed by atoms with Crippen LogP contribution in [0.25, 0.3) is 0 Å². The first-order chi connectivity index (χ1) is 10.4. The summed E-state index contributed by atoms with van der Waals surface area (Å²) in [7, 11) is 0. The highest BCUT2D eigenvalue weighted by Crippen LogP contribution is 2.44. The van der Waals surface area contributed by atoms with Crippen molar-refractivity contribution in [3.8, 4) is 0 Å². The van der Waals surface area contributed by atoms with Gasteiger partial charge in [-0.3, -0.25) is 4.90 Å². The van der Waals surface area contributed by atoms with E-state index in [1.54, 1.807) is 0 Å². The molecule has 1 heterocycles. The van der Waals surface area contributed by atoms with E-state index in [4.69, 9.17) is 0 Å². The summed E-state index contributed by atoms with van der Waals surface area (Å²) < 4.78 is 0. The van der Waals surface area contributed by atoms with Gasteiger partial charge < -0.3 is 5.32 Å². The molecule has 3 atom stereocenters. The quantitative estimate of drug-likeness (QED) is 0.911. The van der Waals surface area contributed by atoms with Crippen molar-refractivity contribution < 1.29 is 0 Å². The van der Waals surface area contributed by atoms with Gasteiger partial charge in [-0.25, -0.2) is 0 Å². The minimum atomic E-state index is 0.779. The van der Waals surface area contributed by atoms with E-state index in [0.29, 0.717) is 0 Å². The number of rotatable bonds is 4. The van der Waals surface area contributed by atoms with Crippen LogP contribution in [0, 0.1) is 11.8 Å². The number of hydrogen-bond donors (Lipinski definition) is 1. The summed E-state index contributed by atoms with van der Waals surface area (Å²) >= 11 is 0. The van der Waals surface area contributed by atoms with Crippen molar-refractivity contribution >= 4 is 0 Å². The normalized spacial score (nSPS) is 33.6. The molecule has 0 spiro atoms. The number of nitrogens with one attached hydrogen (secondary N) is 1. The summed E-state index contributed by atoms with van der Waals surface area (Å²) in [5.41, 5.74) is 1.46. The topological polar surface area (TPSA) is 15.3 Å². The molecule has 4 rings (SSSR count). The molecule has 0 amide bonds. The van der Waals surface area contributed by atoms with Crippen LogP contribution in [0.15, 0.2) is 30.3 Å². The molecule has 2 heteroatoms. The van der Waals surface area contributed by atoms with Crippen molar-refractivity contribution in [3.05, 3.63) is 35.9 Å². The Balaban J connectivity index is 1.23. The van der Waals surface area contributed by atoms with E-state index < -0.39 is 0 Å². The maximum atomic E-state index is 4.01. The van der Waals surface area contributed by atoms with Crippen molar-refractivity contribution in [1.82, 2.24) is 10.2 Å². The van der Waals surface area contributed by atoms with Gasteiger partial charge in [0.05, 0.1) is 0 Å². The second-order valence-electron chi connectivity index (χ2n) is 7.48. The third-order valence-electron chi connectivity index (χ3n) is 6.02. The van der Waals surface area contributed by atoms with Crippen LogP contribution in [0.2, 0.25) is 0 Å². The number of fused-ring (bicyclic) bond motifs is 2. The zero-order valence-electron chi connectivity index (χ0n) is 13.0. The molecule has 0 unspecified atom stereocenters. The SMILES string of the molecule is c1ccc(CN2CCC(N[C@H]3C[C@@H]4CC[C@@H]3C4)CC2)cc1. The maximum absolute atomic E-state index is 4.01. The first-order valence-corrected chi connectivity index (χ1v) is 8.89. The van der Waals surface area contributed by atoms with Gasteiger partial charge in [0.2, 0.25) is 0 Å². The highest BCUT2D eigenvalue weighted by atomic mass is 15.1. The molecule has 0 radical (unpaired) electrons. The molecule has 21 heavy (non-hydrogen) atoms. The van der Waals surface area contributed by atoms with Crippen molar-refractivity contribution in [3.63, 3.8) is 0 Å². The van der Waals surface area contributed by atoms with Crippen LogP contribution in [0.4, 0.5) is 0 Å². The van der Waals surface area contributed by atoms with E-state index in [9.17, 15) is 0 Å². The van der Waals surface area contributed by atoms with E-state index in [2.05, 4.69) is 40.5 Å². The van der Waals surface area contributed by atoms with Crippen LogP contribution in [0.5, 0.6) is 0 Å². The Morgan fingerprint density at radius 1 is 0.952 bits per heavy atom. The Morgan fingerprint density at radius 3 is 2.43 bits per heavy atom. The molecule has 1 saturated heterocycles. The first-order valence-electron chi connectivity index (χ1n) is 8.89. The van der Waals surface area contributed by atoms with Gasteiger partial charge in [-0.05, 0) is 62.6 Å². The van der Waals surface area contributed by atoms with Gasteiger partial charge in [-0.1, -0.05) is 36.8 Å². The largest absolute Gasteiger partial charge is 0.311 e. The lowest BCUT2D eigenvalue weighted by molar-refractivity contribution is 0.175. The van der Waals surface area contributed by atoms with Crippen LogP contribution in [0.3, 0.4) is 0 Å². The molecular weight excluding hydrogens is 256 g/mol. The summed E-state index contributed by atoms with van der Waals surface area (Å²) in [6.07, 6.45) is 8.66. The maximum Gasteiger partial charge on any atom is 0.0233 e. The predicted octanol–water partition coefficient (Wildman–Crippen LogP) is 3.43. The smallest absolute Gasteiger partial charge is 0.0233 e. The van der Waals surface area contributed by atoms with Crippen LogP contribution < -0.4 is 5.32 Å². The second kappa shape index (κ2) is 6.10. The van der Waals surface area contributed by atoms with Gasteiger partial charge in [0.15, 0.2) is 0 Å². The molecule has 1 aromatic rings. The number of benzene rings is 1. The van der Waals surface area contributed by atoms with E-state index in [-0.39, 0.29) is 0 Å². The lowest BCUT2D eigenvalue weighted by atomic mass is 9.93. The van der Waals surface area contributed by atoms with Gasteiger partial charge in [0, 0.05) is 18.6 Å². The van der Waals surface area contributed by atoms with Gasteiger partial charge in [0.25, 0.3) is 0 Å². The van der Waals surface area contributed by atoms with Crippen molar-refractivity contribution in [2.24, 2.45) is 11.8 Å². The van der Waals surface area contributed by atoms with Crippen LogP contribution in [-0.4, -0.2) is 30.1 Å². The molecule has 3 aliphatic rings. The molecule has 1 aromatic carbocycles. The summed E-state index contributed by atoms with van der Waals surface area (Å²) in [6.45, 7) is 3.64. The van der Waals surface area contributed by atoms with Crippen molar-refractivity contribution in [2.75, 3.05) is 13.1 Å². The molecular formula is C19H28N2. The molecule has 1 N–H and O–H groups in total. The Morgan fingerprint density at radius 2 is 1.76 bits per heavy atom. The Bertz CT molecular complexity index is 450. The third kappa shape index (κ3) is 3.17. The fourth-order valence-electron chi connectivity index (χ4n) is 4.85. The van der Waals surface area contributed by atoms with Crippen LogP contribution in [-0.2, 0) is 6.54 Å². The summed E-state index contributed by atoms with van der Waals surface area (Å²) in [5, 5.41) is 4.01. The molecule has 114 valence electrons. The summed E-state index contributed by atoms with van der Waals surface area (Å²) in [5.74, 6) is 2.07. The average molecular weight is 284 g/mol. The highest BCUT2D eigenvalue weighted by molar-refractivity contribution is 5.14. The number of hydrogen-bond acceptors (Lipinski definition) is 2. The fraction of sp³-hybridized carbons (Fsp3) is 0.684. The molecule has 3 fully saturated rings. The second-order valence-corrected chi connectivity index (χ2v) is 7.48. The van der Waals surface area contributed by atoms with Gasteiger partial charge in [-0.2, -0.15) is 0 Å². The van der Waals surface area contributed by atoms with Gasteiger partial charge in [-0.15, -0.1) is 0 Å². The predicted molar refractivity (Wildman–Crippen MR) is 87.1 cm³/mol. The number of likely N-dealkylation sites (tertiary alicyclic amines) is 1. The van der Waals surface area contributed by atoms with E-state index in [1.807, 2.05) is 0 Å².